The number of rotatable bonds is 9. The molecule has 0 spiro atoms. The summed E-state index contributed by atoms with van der Waals surface area (Å²) in [4.78, 5) is 0. The van der Waals surface area contributed by atoms with E-state index in [2.05, 4.69) is 10.1 Å². The van der Waals surface area contributed by atoms with Gasteiger partial charge in [0.25, 0.3) is 0 Å². The van der Waals surface area contributed by atoms with E-state index in [9.17, 15) is 8.78 Å². The minimum Gasteiger partial charge on any atom is -0.490 e. The fraction of sp³-hybridized carbons (Fsp3) is 0.538. The molecule has 1 rings (SSSR count). The van der Waals surface area contributed by atoms with Crippen molar-refractivity contribution in [2.75, 3.05) is 25.2 Å². The van der Waals surface area contributed by atoms with Gasteiger partial charge in [-0.1, -0.05) is 6.07 Å². The largest absolute Gasteiger partial charge is 0.490 e. The molecule has 0 amide bonds. The molecule has 108 valence electrons. The van der Waals surface area contributed by atoms with Gasteiger partial charge in [0.15, 0.2) is 11.5 Å². The molecule has 0 saturated heterocycles. The molecule has 0 aliphatic heterocycles. The summed E-state index contributed by atoms with van der Waals surface area (Å²) in [6, 6.07) is 5.00. The Kier molecular flexibility index (Phi) is 7.59. The van der Waals surface area contributed by atoms with Gasteiger partial charge in [0.05, 0.1) is 6.61 Å². The van der Waals surface area contributed by atoms with Crippen LogP contribution in [0.3, 0.4) is 0 Å². The van der Waals surface area contributed by atoms with E-state index < -0.39 is 6.61 Å². The maximum Gasteiger partial charge on any atom is 0.387 e. The predicted octanol–water partition coefficient (Wildman–Crippen LogP) is 3.14. The second kappa shape index (κ2) is 8.98. The SMILES string of the molecule is CCOc1cc(CNCCSC)ccc1OC(F)F. The van der Waals surface area contributed by atoms with E-state index in [-0.39, 0.29) is 5.75 Å². The molecule has 0 atom stereocenters. The molecule has 1 N–H and O–H groups in total. The maximum absolute atomic E-state index is 12.2. The van der Waals surface area contributed by atoms with Gasteiger partial charge in [-0.15, -0.1) is 0 Å². The van der Waals surface area contributed by atoms with Gasteiger partial charge in [0.2, 0.25) is 0 Å². The van der Waals surface area contributed by atoms with Crippen molar-refractivity contribution in [3.8, 4) is 11.5 Å². The van der Waals surface area contributed by atoms with Crippen molar-refractivity contribution in [3.63, 3.8) is 0 Å². The van der Waals surface area contributed by atoms with E-state index in [1.807, 2.05) is 6.26 Å². The highest BCUT2D eigenvalue weighted by molar-refractivity contribution is 7.98. The molecule has 0 aliphatic rings. The Morgan fingerprint density at radius 2 is 2.11 bits per heavy atom. The van der Waals surface area contributed by atoms with Gasteiger partial charge >= 0.3 is 6.61 Å². The van der Waals surface area contributed by atoms with Crippen LogP contribution in [-0.4, -0.2) is 31.8 Å². The van der Waals surface area contributed by atoms with Crippen LogP contribution < -0.4 is 14.8 Å². The van der Waals surface area contributed by atoms with Crippen molar-refractivity contribution in [3.05, 3.63) is 23.8 Å². The van der Waals surface area contributed by atoms with Crippen LogP contribution in [0, 0.1) is 0 Å². The summed E-state index contributed by atoms with van der Waals surface area (Å²) >= 11 is 1.77. The molecule has 0 heterocycles. The molecule has 0 fully saturated rings. The molecule has 0 bridgehead atoms. The van der Waals surface area contributed by atoms with Crippen molar-refractivity contribution in [2.45, 2.75) is 20.1 Å². The average molecular weight is 291 g/mol. The fourth-order valence-corrected chi connectivity index (χ4v) is 1.88. The van der Waals surface area contributed by atoms with Crippen molar-refractivity contribution < 1.29 is 18.3 Å². The lowest BCUT2D eigenvalue weighted by Gasteiger charge is -2.13. The summed E-state index contributed by atoms with van der Waals surface area (Å²) in [5, 5.41) is 3.27. The number of alkyl halides is 2. The summed E-state index contributed by atoms with van der Waals surface area (Å²) < 4.78 is 34.2. The number of hydrogen-bond donors (Lipinski definition) is 1. The third-order valence-electron chi connectivity index (χ3n) is 2.34. The van der Waals surface area contributed by atoms with Crippen LogP contribution in [0.25, 0.3) is 0 Å². The quantitative estimate of drug-likeness (QED) is 0.708. The Balaban J connectivity index is 2.66. The van der Waals surface area contributed by atoms with E-state index >= 15 is 0 Å². The van der Waals surface area contributed by atoms with Crippen LogP contribution in [0.4, 0.5) is 8.78 Å². The van der Waals surface area contributed by atoms with E-state index in [0.29, 0.717) is 18.9 Å². The standard InChI is InChI=1S/C13H19F2NO2S/c1-3-17-12-8-10(9-16-6-7-19-2)4-5-11(12)18-13(14)15/h4-5,8,13,16H,3,6-7,9H2,1-2H3. The van der Waals surface area contributed by atoms with Crippen LogP contribution in [0.1, 0.15) is 12.5 Å². The summed E-state index contributed by atoms with van der Waals surface area (Å²) in [6.45, 7) is 0.943. The molecule has 0 aliphatic carbocycles. The molecular weight excluding hydrogens is 272 g/mol. The summed E-state index contributed by atoms with van der Waals surface area (Å²) in [5.41, 5.74) is 0.978. The monoisotopic (exact) mass is 291 g/mol. The molecule has 0 unspecified atom stereocenters. The van der Waals surface area contributed by atoms with E-state index in [1.165, 1.54) is 6.07 Å². The van der Waals surface area contributed by atoms with Crippen molar-refractivity contribution in [2.24, 2.45) is 0 Å². The van der Waals surface area contributed by atoms with Gasteiger partial charge in [-0.05, 0) is 30.9 Å². The Hall–Kier alpha value is -1.01. The van der Waals surface area contributed by atoms with Crippen molar-refractivity contribution in [1.29, 1.82) is 0 Å². The van der Waals surface area contributed by atoms with E-state index in [4.69, 9.17) is 4.74 Å². The second-order valence-corrected chi connectivity index (χ2v) is 4.75. The Labute approximate surface area is 116 Å². The smallest absolute Gasteiger partial charge is 0.387 e. The first kappa shape index (κ1) is 16.0. The Bertz CT molecular complexity index is 378. The lowest BCUT2D eigenvalue weighted by Crippen LogP contribution is -2.16. The zero-order chi connectivity index (χ0) is 14.1. The molecule has 0 aromatic heterocycles. The fourth-order valence-electron chi connectivity index (χ4n) is 1.53. The zero-order valence-electron chi connectivity index (χ0n) is 11.1. The topological polar surface area (TPSA) is 30.5 Å². The Morgan fingerprint density at radius 3 is 2.74 bits per heavy atom. The van der Waals surface area contributed by atoms with E-state index in [1.54, 1.807) is 30.8 Å². The minimum absolute atomic E-state index is 0.0738. The summed E-state index contributed by atoms with van der Waals surface area (Å²) in [5.74, 6) is 1.46. The lowest BCUT2D eigenvalue weighted by atomic mass is 10.2. The van der Waals surface area contributed by atoms with Gasteiger partial charge in [0, 0.05) is 18.8 Å². The van der Waals surface area contributed by atoms with Gasteiger partial charge in [-0.25, -0.2) is 0 Å². The molecular formula is C13H19F2NO2S. The van der Waals surface area contributed by atoms with Gasteiger partial charge in [0.1, 0.15) is 0 Å². The first-order valence-corrected chi connectivity index (χ1v) is 7.47. The van der Waals surface area contributed by atoms with Crippen LogP contribution in [0.15, 0.2) is 18.2 Å². The highest BCUT2D eigenvalue weighted by atomic mass is 32.2. The lowest BCUT2D eigenvalue weighted by molar-refractivity contribution is -0.0514. The molecule has 6 heteroatoms. The highest BCUT2D eigenvalue weighted by Crippen LogP contribution is 2.29. The van der Waals surface area contributed by atoms with Crippen LogP contribution >= 0.6 is 11.8 Å². The zero-order valence-corrected chi connectivity index (χ0v) is 11.9. The number of halogens is 2. The molecule has 1 aromatic rings. The maximum atomic E-state index is 12.2. The van der Waals surface area contributed by atoms with Gasteiger partial charge < -0.3 is 14.8 Å². The first-order chi connectivity index (χ1) is 9.17. The minimum atomic E-state index is -2.84. The number of benzene rings is 1. The molecule has 19 heavy (non-hydrogen) atoms. The highest BCUT2D eigenvalue weighted by Gasteiger charge is 2.11. The van der Waals surface area contributed by atoms with Crippen LogP contribution in [0.5, 0.6) is 11.5 Å². The van der Waals surface area contributed by atoms with Gasteiger partial charge in [-0.3, -0.25) is 0 Å². The normalized spacial score (nSPS) is 10.8. The Morgan fingerprint density at radius 1 is 1.32 bits per heavy atom. The molecule has 0 saturated carbocycles. The summed E-state index contributed by atoms with van der Waals surface area (Å²) in [6.07, 6.45) is 2.05. The van der Waals surface area contributed by atoms with Crippen molar-refractivity contribution in [1.82, 2.24) is 5.32 Å². The third-order valence-corrected chi connectivity index (χ3v) is 2.95. The number of ether oxygens (including phenoxy) is 2. The van der Waals surface area contributed by atoms with Crippen LogP contribution in [-0.2, 0) is 6.54 Å². The van der Waals surface area contributed by atoms with Crippen molar-refractivity contribution >= 4 is 11.8 Å². The third kappa shape index (κ3) is 6.11. The second-order valence-electron chi connectivity index (χ2n) is 3.76. The van der Waals surface area contributed by atoms with Crippen LogP contribution in [0.2, 0.25) is 0 Å². The first-order valence-electron chi connectivity index (χ1n) is 6.07. The number of hydrogen-bond acceptors (Lipinski definition) is 4. The average Bonchev–Trinajstić information content (AvgIpc) is 2.37. The number of thioether (sulfide) groups is 1. The molecule has 3 nitrogen and oxygen atoms in total. The molecule has 0 radical (unpaired) electrons. The predicted molar refractivity (Wildman–Crippen MR) is 74.3 cm³/mol. The molecule has 1 aromatic carbocycles. The number of nitrogens with one attached hydrogen (secondary N) is 1. The summed E-state index contributed by atoms with van der Waals surface area (Å²) in [7, 11) is 0. The van der Waals surface area contributed by atoms with Gasteiger partial charge in [-0.2, -0.15) is 20.5 Å². The van der Waals surface area contributed by atoms with E-state index in [0.717, 1.165) is 17.9 Å².